The molecule has 0 bridgehead atoms. The summed E-state index contributed by atoms with van der Waals surface area (Å²) in [6.45, 7) is 0.331. The molecule has 0 spiro atoms. The molecule has 1 heterocycles. The van der Waals surface area contributed by atoms with Gasteiger partial charge in [0.25, 0.3) is 0 Å². The average Bonchev–Trinajstić information content (AvgIpc) is 3.12. The summed E-state index contributed by atoms with van der Waals surface area (Å²) in [6, 6.07) is 9.77. The first-order valence-electron chi connectivity index (χ1n) is 7.58. The molecule has 24 heavy (non-hydrogen) atoms. The minimum atomic E-state index is -0.379. The number of nitrogens with zero attached hydrogens (tertiary/aromatic N) is 1. The van der Waals surface area contributed by atoms with Crippen molar-refractivity contribution in [2.45, 2.75) is 13.0 Å². The van der Waals surface area contributed by atoms with Crippen molar-refractivity contribution in [1.29, 1.82) is 0 Å². The first kappa shape index (κ1) is 14.7. The van der Waals surface area contributed by atoms with E-state index in [1.54, 1.807) is 24.3 Å². The van der Waals surface area contributed by atoms with E-state index in [1.165, 1.54) is 19.2 Å². The van der Waals surface area contributed by atoms with Gasteiger partial charge in [-0.3, -0.25) is 5.10 Å². The maximum Gasteiger partial charge on any atom is 0.165 e. The van der Waals surface area contributed by atoms with Gasteiger partial charge in [0, 0.05) is 29.7 Å². The average molecular weight is 327 g/mol. The lowest BCUT2D eigenvalue weighted by molar-refractivity contribution is 0.386. The van der Waals surface area contributed by atoms with Crippen LogP contribution in [0.1, 0.15) is 16.7 Å². The van der Waals surface area contributed by atoms with Gasteiger partial charge in [0.1, 0.15) is 5.82 Å². The van der Waals surface area contributed by atoms with Crippen LogP contribution < -0.4 is 10.1 Å². The number of anilines is 1. The molecule has 4 rings (SSSR count). The zero-order valence-electron chi connectivity index (χ0n) is 13.0. The van der Waals surface area contributed by atoms with Crippen molar-refractivity contribution in [3.63, 3.8) is 0 Å². The SMILES string of the molecule is COc1cc2c(cc1F)Cc1c(NCc3ccccc3F)n[nH]c1-2. The van der Waals surface area contributed by atoms with Gasteiger partial charge in [-0.05, 0) is 23.8 Å². The highest BCUT2D eigenvalue weighted by Gasteiger charge is 2.26. The summed E-state index contributed by atoms with van der Waals surface area (Å²) in [6.07, 6.45) is 0.571. The Morgan fingerprint density at radius 1 is 1.21 bits per heavy atom. The zero-order valence-corrected chi connectivity index (χ0v) is 13.0. The number of benzene rings is 2. The van der Waals surface area contributed by atoms with E-state index in [4.69, 9.17) is 4.74 Å². The number of H-pyrrole nitrogens is 1. The van der Waals surface area contributed by atoms with Gasteiger partial charge in [0.2, 0.25) is 0 Å². The number of hydrogen-bond acceptors (Lipinski definition) is 3. The van der Waals surface area contributed by atoms with Crippen LogP contribution in [-0.2, 0) is 13.0 Å². The minimum Gasteiger partial charge on any atom is -0.494 e. The summed E-state index contributed by atoms with van der Waals surface area (Å²) in [5, 5.41) is 10.4. The Bertz CT molecular complexity index is 921. The molecule has 1 aromatic heterocycles. The van der Waals surface area contributed by atoms with Crippen LogP contribution in [-0.4, -0.2) is 17.3 Å². The summed E-state index contributed by atoms with van der Waals surface area (Å²) >= 11 is 0. The van der Waals surface area contributed by atoms with E-state index in [-0.39, 0.29) is 17.4 Å². The maximum atomic E-state index is 13.9. The van der Waals surface area contributed by atoms with Crippen molar-refractivity contribution in [3.8, 4) is 17.0 Å². The number of aromatic nitrogens is 2. The summed E-state index contributed by atoms with van der Waals surface area (Å²) < 4.78 is 32.6. The van der Waals surface area contributed by atoms with E-state index < -0.39 is 0 Å². The highest BCUT2D eigenvalue weighted by molar-refractivity contribution is 5.79. The molecule has 0 aliphatic heterocycles. The molecule has 0 unspecified atom stereocenters. The molecule has 1 aliphatic rings. The molecule has 122 valence electrons. The maximum absolute atomic E-state index is 13.9. The van der Waals surface area contributed by atoms with Crippen molar-refractivity contribution in [1.82, 2.24) is 10.2 Å². The number of methoxy groups -OCH3 is 1. The topological polar surface area (TPSA) is 49.9 Å². The number of fused-ring (bicyclic) bond motifs is 3. The third-order valence-corrected chi connectivity index (χ3v) is 4.29. The summed E-state index contributed by atoms with van der Waals surface area (Å²) in [5.74, 6) is 0.225. The molecular weight excluding hydrogens is 312 g/mol. The molecule has 3 aromatic rings. The molecule has 0 amide bonds. The van der Waals surface area contributed by atoms with E-state index in [0.29, 0.717) is 24.3 Å². The molecule has 0 radical (unpaired) electrons. The van der Waals surface area contributed by atoms with E-state index >= 15 is 0 Å². The monoisotopic (exact) mass is 327 g/mol. The third kappa shape index (κ3) is 2.31. The van der Waals surface area contributed by atoms with Crippen LogP contribution in [0.5, 0.6) is 5.75 Å². The highest BCUT2D eigenvalue weighted by Crippen LogP contribution is 2.41. The molecule has 0 atom stereocenters. The minimum absolute atomic E-state index is 0.206. The fraction of sp³-hybridized carbons (Fsp3) is 0.167. The number of nitrogens with one attached hydrogen (secondary N) is 2. The molecule has 4 nitrogen and oxygen atoms in total. The molecule has 2 N–H and O–H groups in total. The summed E-state index contributed by atoms with van der Waals surface area (Å²) in [5.41, 5.74) is 4.13. The van der Waals surface area contributed by atoms with Crippen LogP contribution in [0.2, 0.25) is 0 Å². The van der Waals surface area contributed by atoms with Crippen LogP contribution in [0.25, 0.3) is 11.3 Å². The lowest BCUT2D eigenvalue weighted by Gasteiger charge is -2.06. The normalized spacial score (nSPS) is 12.0. The Kier molecular flexibility index (Phi) is 3.45. The van der Waals surface area contributed by atoms with Crippen molar-refractivity contribution in [3.05, 3.63) is 64.7 Å². The second kappa shape index (κ2) is 5.63. The molecule has 6 heteroatoms. The van der Waals surface area contributed by atoms with Crippen molar-refractivity contribution in [2.75, 3.05) is 12.4 Å². The second-order valence-corrected chi connectivity index (χ2v) is 5.69. The van der Waals surface area contributed by atoms with Crippen LogP contribution in [0, 0.1) is 11.6 Å². The molecular formula is C18H15F2N3O. The number of hydrogen-bond donors (Lipinski definition) is 2. The first-order valence-corrected chi connectivity index (χ1v) is 7.58. The predicted molar refractivity (Wildman–Crippen MR) is 87.1 cm³/mol. The molecule has 0 saturated heterocycles. The first-order chi connectivity index (χ1) is 11.7. The third-order valence-electron chi connectivity index (χ3n) is 4.29. The van der Waals surface area contributed by atoms with Gasteiger partial charge < -0.3 is 10.1 Å². The van der Waals surface area contributed by atoms with Crippen LogP contribution in [0.15, 0.2) is 36.4 Å². The summed E-state index contributed by atoms with van der Waals surface area (Å²) in [7, 11) is 1.44. The fourth-order valence-electron chi connectivity index (χ4n) is 3.05. The smallest absolute Gasteiger partial charge is 0.165 e. The molecule has 0 fully saturated rings. The van der Waals surface area contributed by atoms with E-state index in [1.807, 2.05) is 0 Å². The number of rotatable bonds is 4. The van der Waals surface area contributed by atoms with Gasteiger partial charge in [-0.15, -0.1) is 0 Å². The lowest BCUT2D eigenvalue weighted by atomic mass is 10.1. The highest BCUT2D eigenvalue weighted by atomic mass is 19.1. The van der Waals surface area contributed by atoms with Crippen LogP contribution in [0.3, 0.4) is 0 Å². The Morgan fingerprint density at radius 3 is 2.83 bits per heavy atom. The number of ether oxygens (including phenoxy) is 1. The Labute approximate surface area is 137 Å². The van der Waals surface area contributed by atoms with E-state index in [9.17, 15) is 8.78 Å². The van der Waals surface area contributed by atoms with Gasteiger partial charge in [0.05, 0.1) is 12.8 Å². The van der Waals surface area contributed by atoms with Crippen LogP contribution >= 0.6 is 0 Å². The molecule has 1 aliphatic carbocycles. The summed E-state index contributed by atoms with van der Waals surface area (Å²) in [4.78, 5) is 0. The van der Waals surface area contributed by atoms with Crippen molar-refractivity contribution >= 4 is 5.82 Å². The van der Waals surface area contributed by atoms with Crippen molar-refractivity contribution in [2.24, 2.45) is 0 Å². The lowest BCUT2D eigenvalue weighted by Crippen LogP contribution is -2.03. The fourth-order valence-corrected chi connectivity index (χ4v) is 3.05. The second-order valence-electron chi connectivity index (χ2n) is 5.69. The van der Waals surface area contributed by atoms with Gasteiger partial charge in [-0.2, -0.15) is 5.10 Å². The quantitative estimate of drug-likeness (QED) is 0.598. The van der Waals surface area contributed by atoms with Gasteiger partial charge in [-0.25, -0.2) is 8.78 Å². The van der Waals surface area contributed by atoms with Gasteiger partial charge >= 0.3 is 0 Å². The number of aromatic amines is 1. The van der Waals surface area contributed by atoms with Gasteiger partial charge in [-0.1, -0.05) is 18.2 Å². The Morgan fingerprint density at radius 2 is 2.04 bits per heavy atom. The van der Waals surface area contributed by atoms with Crippen LogP contribution in [0.4, 0.5) is 14.6 Å². The largest absolute Gasteiger partial charge is 0.494 e. The van der Waals surface area contributed by atoms with E-state index in [2.05, 4.69) is 15.5 Å². The molecule has 0 saturated carbocycles. The number of halogens is 2. The predicted octanol–water partition coefficient (Wildman–Crippen LogP) is 3.88. The standard InChI is InChI=1S/C18H15F2N3O/c1-24-16-8-12-11(7-15(16)20)6-13-17(12)22-23-18(13)21-9-10-4-2-3-5-14(10)19/h2-5,7-8H,6,9H2,1H3,(H2,21,22,23). The van der Waals surface area contributed by atoms with Gasteiger partial charge in [0.15, 0.2) is 17.4 Å². The Hall–Kier alpha value is -2.89. The van der Waals surface area contributed by atoms with Crippen molar-refractivity contribution < 1.29 is 13.5 Å². The van der Waals surface area contributed by atoms with E-state index in [0.717, 1.165) is 22.4 Å². The zero-order chi connectivity index (χ0) is 16.7. The Balaban J connectivity index is 1.61. The molecule has 2 aromatic carbocycles.